The number of nitrogens with zero attached hydrogens (tertiary/aromatic N) is 1. The molecule has 0 heterocycles. The lowest BCUT2D eigenvalue weighted by molar-refractivity contribution is -0.385. The molecule has 0 atom stereocenters. The molecule has 1 N–H and O–H groups in total. The number of nitro benzene ring substituents is 1. The van der Waals surface area contributed by atoms with Gasteiger partial charge in [0, 0.05) is 11.8 Å². The van der Waals surface area contributed by atoms with Crippen molar-refractivity contribution in [2.24, 2.45) is 0 Å². The molecule has 0 spiro atoms. The number of nitrogens with one attached hydrogen (secondary N) is 1. The van der Waals surface area contributed by atoms with E-state index in [9.17, 15) is 32.5 Å². The molecule has 0 aliphatic heterocycles. The van der Waals surface area contributed by atoms with Crippen LogP contribution in [0, 0.1) is 15.9 Å². The molecule has 25 heavy (non-hydrogen) atoms. The van der Waals surface area contributed by atoms with Crippen molar-refractivity contribution < 1.29 is 32.0 Å². The number of hydrogen-bond acceptors (Lipinski definition) is 4. The standard InChI is InChI=1S/C15H10F4N2O4/c16-11-2-1-3-12(21(23)24)13(11)14(22)20-9-4-6-10(7-5-9)25-8-15(17,18)19/h1-7H,8H2,(H,20,22). The largest absolute Gasteiger partial charge is 0.484 e. The van der Waals surface area contributed by atoms with E-state index in [-0.39, 0.29) is 11.4 Å². The third-order valence-electron chi connectivity index (χ3n) is 2.93. The van der Waals surface area contributed by atoms with Gasteiger partial charge in [0.25, 0.3) is 11.6 Å². The van der Waals surface area contributed by atoms with Gasteiger partial charge in [-0.2, -0.15) is 13.2 Å². The van der Waals surface area contributed by atoms with E-state index in [1.54, 1.807) is 0 Å². The van der Waals surface area contributed by atoms with Crippen LogP contribution in [0.25, 0.3) is 0 Å². The molecule has 0 saturated heterocycles. The summed E-state index contributed by atoms with van der Waals surface area (Å²) >= 11 is 0. The van der Waals surface area contributed by atoms with E-state index in [1.807, 2.05) is 0 Å². The predicted molar refractivity (Wildman–Crippen MR) is 79.0 cm³/mol. The van der Waals surface area contributed by atoms with Crippen LogP contribution in [0.15, 0.2) is 42.5 Å². The van der Waals surface area contributed by atoms with Crippen LogP contribution in [0.2, 0.25) is 0 Å². The minimum Gasteiger partial charge on any atom is -0.484 e. The van der Waals surface area contributed by atoms with E-state index in [2.05, 4.69) is 10.1 Å². The molecular formula is C15H10F4N2O4. The van der Waals surface area contributed by atoms with Gasteiger partial charge in [-0.3, -0.25) is 14.9 Å². The SMILES string of the molecule is O=C(Nc1ccc(OCC(F)(F)F)cc1)c1c(F)cccc1[N+](=O)[O-]. The maximum Gasteiger partial charge on any atom is 0.422 e. The van der Waals surface area contributed by atoms with Crippen molar-refractivity contribution in [2.75, 3.05) is 11.9 Å². The molecule has 2 aromatic carbocycles. The Labute approximate surface area is 138 Å². The molecule has 0 aliphatic rings. The topological polar surface area (TPSA) is 81.5 Å². The van der Waals surface area contributed by atoms with E-state index in [4.69, 9.17) is 0 Å². The molecule has 10 heteroatoms. The van der Waals surface area contributed by atoms with Gasteiger partial charge in [-0.1, -0.05) is 6.07 Å². The van der Waals surface area contributed by atoms with Crippen molar-refractivity contribution in [3.63, 3.8) is 0 Å². The highest BCUT2D eigenvalue weighted by Gasteiger charge is 2.28. The number of amides is 1. The van der Waals surface area contributed by atoms with Crippen LogP contribution >= 0.6 is 0 Å². The van der Waals surface area contributed by atoms with Crippen LogP contribution in [-0.4, -0.2) is 23.6 Å². The number of hydrogen-bond donors (Lipinski definition) is 1. The van der Waals surface area contributed by atoms with Gasteiger partial charge in [0.1, 0.15) is 11.6 Å². The fourth-order valence-electron chi connectivity index (χ4n) is 1.88. The van der Waals surface area contributed by atoms with Crippen molar-refractivity contribution >= 4 is 17.3 Å². The first-order valence-corrected chi connectivity index (χ1v) is 6.71. The molecule has 6 nitrogen and oxygen atoms in total. The molecule has 1 amide bonds. The number of carbonyl (C=O) groups is 1. The smallest absolute Gasteiger partial charge is 0.422 e. The summed E-state index contributed by atoms with van der Waals surface area (Å²) in [5.74, 6) is -2.22. The molecule has 0 saturated carbocycles. The van der Waals surface area contributed by atoms with E-state index in [1.165, 1.54) is 12.1 Å². The van der Waals surface area contributed by atoms with Crippen molar-refractivity contribution in [1.29, 1.82) is 0 Å². The van der Waals surface area contributed by atoms with Crippen LogP contribution in [0.1, 0.15) is 10.4 Å². The van der Waals surface area contributed by atoms with E-state index in [0.717, 1.165) is 30.3 Å². The Balaban J connectivity index is 2.13. The van der Waals surface area contributed by atoms with E-state index < -0.39 is 40.7 Å². The Morgan fingerprint density at radius 2 is 1.80 bits per heavy atom. The molecule has 2 rings (SSSR count). The molecule has 0 radical (unpaired) electrons. The van der Waals surface area contributed by atoms with Crippen LogP contribution in [0.5, 0.6) is 5.75 Å². The van der Waals surface area contributed by atoms with Crippen molar-refractivity contribution in [3.8, 4) is 5.75 Å². The van der Waals surface area contributed by atoms with Crippen molar-refractivity contribution in [2.45, 2.75) is 6.18 Å². The number of rotatable bonds is 5. The molecule has 0 aromatic heterocycles. The number of carbonyl (C=O) groups excluding carboxylic acids is 1. The third kappa shape index (κ3) is 4.90. The maximum atomic E-state index is 13.7. The van der Waals surface area contributed by atoms with Gasteiger partial charge < -0.3 is 10.1 Å². The number of alkyl halides is 3. The normalized spacial score (nSPS) is 11.0. The van der Waals surface area contributed by atoms with Crippen LogP contribution in [0.3, 0.4) is 0 Å². The number of anilines is 1. The van der Waals surface area contributed by atoms with Crippen LogP contribution in [0.4, 0.5) is 28.9 Å². The Kier molecular flexibility index (Phi) is 5.20. The highest BCUT2D eigenvalue weighted by molar-refractivity contribution is 6.07. The van der Waals surface area contributed by atoms with Gasteiger partial charge in [0.2, 0.25) is 0 Å². The lowest BCUT2D eigenvalue weighted by Gasteiger charge is -2.10. The molecule has 0 aliphatic carbocycles. The van der Waals surface area contributed by atoms with Crippen molar-refractivity contribution in [3.05, 3.63) is 64.0 Å². The summed E-state index contributed by atoms with van der Waals surface area (Å²) in [6.07, 6.45) is -4.49. The van der Waals surface area contributed by atoms with Gasteiger partial charge >= 0.3 is 6.18 Å². The van der Waals surface area contributed by atoms with Crippen LogP contribution < -0.4 is 10.1 Å². The second kappa shape index (κ2) is 7.16. The quantitative estimate of drug-likeness (QED) is 0.499. The van der Waals surface area contributed by atoms with E-state index >= 15 is 0 Å². The first kappa shape index (κ1) is 18.2. The fourth-order valence-corrected chi connectivity index (χ4v) is 1.88. The second-order valence-corrected chi connectivity index (χ2v) is 4.77. The van der Waals surface area contributed by atoms with Gasteiger partial charge in [0.05, 0.1) is 4.92 Å². The van der Waals surface area contributed by atoms with Crippen LogP contribution in [-0.2, 0) is 0 Å². The fraction of sp³-hybridized carbons (Fsp3) is 0.133. The summed E-state index contributed by atoms with van der Waals surface area (Å²) in [6, 6.07) is 7.74. The first-order chi connectivity index (χ1) is 11.7. The lowest BCUT2D eigenvalue weighted by Crippen LogP contribution is -2.19. The average Bonchev–Trinajstić information content (AvgIpc) is 2.53. The summed E-state index contributed by atoms with van der Waals surface area (Å²) < 4.78 is 54.4. The zero-order chi connectivity index (χ0) is 18.6. The summed E-state index contributed by atoms with van der Waals surface area (Å²) in [5.41, 5.74) is -1.35. The summed E-state index contributed by atoms with van der Waals surface area (Å²) in [6.45, 7) is -1.47. The third-order valence-corrected chi connectivity index (χ3v) is 2.93. The summed E-state index contributed by atoms with van der Waals surface area (Å²) in [4.78, 5) is 22.0. The Bertz CT molecular complexity index is 791. The Morgan fingerprint density at radius 1 is 1.16 bits per heavy atom. The predicted octanol–water partition coefficient (Wildman–Crippen LogP) is 3.93. The van der Waals surface area contributed by atoms with Gasteiger partial charge in [-0.25, -0.2) is 4.39 Å². The highest BCUT2D eigenvalue weighted by Crippen LogP contribution is 2.24. The highest BCUT2D eigenvalue weighted by atomic mass is 19.4. The monoisotopic (exact) mass is 358 g/mol. The minimum absolute atomic E-state index is 0.0906. The Morgan fingerprint density at radius 3 is 2.36 bits per heavy atom. The molecule has 0 unspecified atom stereocenters. The second-order valence-electron chi connectivity index (χ2n) is 4.77. The molecule has 0 fully saturated rings. The van der Waals surface area contributed by atoms with E-state index in [0.29, 0.717) is 0 Å². The number of nitro groups is 1. The number of ether oxygens (including phenoxy) is 1. The zero-order valence-electron chi connectivity index (χ0n) is 12.3. The molecule has 2 aromatic rings. The first-order valence-electron chi connectivity index (χ1n) is 6.71. The van der Waals surface area contributed by atoms with Gasteiger partial charge in [0.15, 0.2) is 12.2 Å². The zero-order valence-corrected chi connectivity index (χ0v) is 12.3. The lowest BCUT2D eigenvalue weighted by atomic mass is 10.1. The summed E-state index contributed by atoms with van der Waals surface area (Å²) in [5, 5.41) is 13.1. The molecule has 132 valence electrons. The summed E-state index contributed by atoms with van der Waals surface area (Å²) in [7, 11) is 0. The van der Waals surface area contributed by atoms with Gasteiger partial charge in [-0.15, -0.1) is 0 Å². The maximum absolute atomic E-state index is 13.7. The Hall–Kier alpha value is -3.17. The average molecular weight is 358 g/mol. The van der Waals surface area contributed by atoms with Gasteiger partial charge in [-0.05, 0) is 30.3 Å². The molecule has 0 bridgehead atoms. The van der Waals surface area contributed by atoms with Crippen molar-refractivity contribution in [1.82, 2.24) is 0 Å². The minimum atomic E-state index is -4.49. The number of halogens is 4. The number of benzene rings is 2. The molecular weight excluding hydrogens is 348 g/mol.